The maximum atomic E-state index is 13.0. The third-order valence-corrected chi connectivity index (χ3v) is 3.27. The molecule has 7 heteroatoms. The number of nitrogens with one attached hydrogen (secondary N) is 1. The molecule has 2 aliphatic rings. The minimum atomic E-state index is -2.68. The van der Waals surface area contributed by atoms with E-state index in [1.807, 2.05) is 0 Å². The summed E-state index contributed by atoms with van der Waals surface area (Å²) in [6.07, 6.45) is -0.190. The Bertz CT molecular complexity index is 536. The van der Waals surface area contributed by atoms with Crippen LogP contribution in [0.3, 0.4) is 0 Å². The maximum absolute atomic E-state index is 13.0. The molecule has 108 valence electrons. The number of benzene rings is 1. The first-order chi connectivity index (χ1) is 9.52. The molecule has 1 amide bonds. The predicted octanol–water partition coefficient (Wildman–Crippen LogP) is 1.69. The van der Waals surface area contributed by atoms with Gasteiger partial charge < -0.3 is 14.8 Å². The van der Waals surface area contributed by atoms with Crippen molar-refractivity contribution in [2.24, 2.45) is 0 Å². The van der Waals surface area contributed by atoms with Crippen molar-refractivity contribution >= 4 is 11.6 Å². The van der Waals surface area contributed by atoms with E-state index in [1.165, 1.54) is 4.90 Å². The van der Waals surface area contributed by atoms with E-state index >= 15 is 0 Å². The van der Waals surface area contributed by atoms with Crippen LogP contribution in [0.4, 0.5) is 14.5 Å². The van der Waals surface area contributed by atoms with Gasteiger partial charge in [-0.3, -0.25) is 9.69 Å². The van der Waals surface area contributed by atoms with Crippen LogP contribution in [0.2, 0.25) is 0 Å². The Labute approximate surface area is 114 Å². The molecule has 0 radical (unpaired) electrons. The minimum absolute atomic E-state index is 0.0377. The van der Waals surface area contributed by atoms with E-state index in [9.17, 15) is 13.6 Å². The number of fused-ring (bicyclic) bond motifs is 1. The summed E-state index contributed by atoms with van der Waals surface area (Å²) < 4.78 is 36.4. The lowest BCUT2D eigenvalue weighted by molar-refractivity contribution is -0.117. The third kappa shape index (κ3) is 2.82. The lowest BCUT2D eigenvalue weighted by Crippen LogP contribution is -2.33. The first-order valence-corrected chi connectivity index (χ1v) is 6.32. The molecule has 2 aliphatic heterocycles. The lowest BCUT2D eigenvalue weighted by atomic mass is 10.2. The minimum Gasteiger partial charge on any atom is -0.454 e. The average Bonchev–Trinajstić information content (AvgIpc) is 2.95. The Morgan fingerprint density at radius 3 is 2.90 bits per heavy atom. The number of likely N-dealkylation sites (tertiary alicyclic amines) is 1. The van der Waals surface area contributed by atoms with Crippen molar-refractivity contribution in [1.29, 1.82) is 0 Å². The van der Waals surface area contributed by atoms with Gasteiger partial charge in [0.2, 0.25) is 12.7 Å². The summed E-state index contributed by atoms with van der Waals surface area (Å²) in [6.45, 7) is 0.00272. The number of rotatable bonds is 3. The van der Waals surface area contributed by atoms with Gasteiger partial charge in [0.25, 0.3) is 5.92 Å². The van der Waals surface area contributed by atoms with E-state index < -0.39 is 5.92 Å². The van der Waals surface area contributed by atoms with Gasteiger partial charge in [0.1, 0.15) is 0 Å². The lowest BCUT2D eigenvalue weighted by Gasteiger charge is -2.15. The van der Waals surface area contributed by atoms with E-state index in [2.05, 4.69) is 5.32 Å². The summed E-state index contributed by atoms with van der Waals surface area (Å²) in [5.41, 5.74) is 0.560. The molecule has 0 aliphatic carbocycles. The number of amides is 1. The quantitative estimate of drug-likeness (QED) is 0.918. The normalized spacial score (nSPS) is 20.1. The van der Waals surface area contributed by atoms with Crippen molar-refractivity contribution in [3.63, 3.8) is 0 Å². The topological polar surface area (TPSA) is 50.8 Å². The van der Waals surface area contributed by atoms with Gasteiger partial charge in [0.15, 0.2) is 11.5 Å². The van der Waals surface area contributed by atoms with Crippen LogP contribution < -0.4 is 14.8 Å². The van der Waals surface area contributed by atoms with Gasteiger partial charge in [-0.1, -0.05) is 0 Å². The number of anilines is 1. The summed E-state index contributed by atoms with van der Waals surface area (Å²) in [5, 5.41) is 2.66. The fraction of sp³-hybridized carbons (Fsp3) is 0.462. The van der Waals surface area contributed by atoms with E-state index in [0.717, 1.165) is 0 Å². The van der Waals surface area contributed by atoms with Crippen molar-refractivity contribution in [2.45, 2.75) is 12.3 Å². The Morgan fingerprint density at radius 1 is 1.35 bits per heavy atom. The van der Waals surface area contributed by atoms with Crippen molar-refractivity contribution in [3.05, 3.63) is 18.2 Å². The standard InChI is InChI=1S/C13H14F2N2O3/c14-13(15)3-4-17(7-13)6-12(18)16-9-1-2-10-11(5-9)20-8-19-10/h1-2,5H,3-4,6-8H2,(H,16,18). The van der Waals surface area contributed by atoms with Crippen molar-refractivity contribution in [1.82, 2.24) is 4.90 Å². The summed E-state index contributed by atoms with van der Waals surface area (Å²) in [6, 6.07) is 5.03. The zero-order valence-corrected chi connectivity index (χ0v) is 10.7. The van der Waals surface area contributed by atoms with Gasteiger partial charge >= 0.3 is 0 Å². The summed E-state index contributed by atoms with van der Waals surface area (Å²) in [5.74, 6) is -1.81. The molecule has 0 bridgehead atoms. The first-order valence-electron chi connectivity index (χ1n) is 6.32. The number of hydrogen-bond acceptors (Lipinski definition) is 4. The highest BCUT2D eigenvalue weighted by molar-refractivity contribution is 5.92. The van der Waals surface area contributed by atoms with Crippen LogP contribution >= 0.6 is 0 Å². The number of halogens is 2. The molecule has 5 nitrogen and oxygen atoms in total. The van der Waals surface area contributed by atoms with Crippen LogP contribution in [0.5, 0.6) is 11.5 Å². The van der Waals surface area contributed by atoms with Crippen molar-refractivity contribution in [3.8, 4) is 11.5 Å². The first kappa shape index (κ1) is 13.1. The predicted molar refractivity (Wildman–Crippen MR) is 67.2 cm³/mol. The van der Waals surface area contributed by atoms with Gasteiger partial charge in [-0.15, -0.1) is 0 Å². The smallest absolute Gasteiger partial charge is 0.261 e. The highest BCUT2D eigenvalue weighted by Gasteiger charge is 2.38. The van der Waals surface area contributed by atoms with Crippen molar-refractivity contribution < 1.29 is 23.0 Å². The Morgan fingerprint density at radius 2 is 2.15 bits per heavy atom. The number of nitrogens with zero attached hydrogens (tertiary/aromatic N) is 1. The largest absolute Gasteiger partial charge is 0.454 e. The van der Waals surface area contributed by atoms with Crippen molar-refractivity contribution in [2.75, 3.05) is 31.7 Å². The number of hydrogen-bond donors (Lipinski definition) is 1. The SMILES string of the molecule is O=C(CN1CCC(F)(F)C1)Nc1ccc2c(c1)OCO2. The second-order valence-corrected chi connectivity index (χ2v) is 4.93. The Hall–Kier alpha value is -1.89. The van der Waals surface area contributed by atoms with Crippen LogP contribution in [0.25, 0.3) is 0 Å². The zero-order chi connectivity index (χ0) is 14.2. The monoisotopic (exact) mass is 284 g/mol. The Balaban J connectivity index is 1.57. The molecule has 0 saturated carbocycles. The van der Waals surface area contributed by atoms with Gasteiger partial charge in [-0.2, -0.15) is 0 Å². The molecule has 20 heavy (non-hydrogen) atoms. The number of carbonyl (C=O) groups is 1. The van der Waals surface area contributed by atoms with E-state index in [-0.39, 0.29) is 38.8 Å². The molecule has 1 saturated heterocycles. The van der Waals surface area contributed by atoms with Crippen LogP contribution in [-0.4, -0.2) is 43.2 Å². The molecule has 1 N–H and O–H groups in total. The average molecular weight is 284 g/mol. The molecule has 1 aromatic rings. The summed E-state index contributed by atoms with van der Waals surface area (Å²) in [4.78, 5) is 13.3. The second kappa shape index (κ2) is 4.90. The highest BCUT2D eigenvalue weighted by Crippen LogP contribution is 2.34. The van der Waals surface area contributed by atoms with Gasteiger partial charge in [0, 0.05) is 24.7 Å². The molecule has 1 fully saturated rings. The maximum Gasteiger partial charge on any atom is 0.261 e. The molecule has 0 aromatic heterocycles. The summed E-state index contributed by atoms with van der Waals surface area (Å²) in [7, 11) is 0. The van der Waals surface area contributed by atoms with Crippen LogP contribution in [0.15, 0.2) is 18.2 Å². The van der Waals surface area contributed by atoms with Crippen LogP contribution in [0, 0.1) is 0 Å². The molecule has 0 atom stereocenters. The van der Waals surface area contributed by atoms with Gasteiger partial charge in [-0.05, 0) is 12.1 Å². The van der Waals surface area contributed by atoms with Crippen LogP contribution in [0.1, 0.15) is 6.42 Å². The fourth-order valence-electron chi connectivity index (χ4n) is 2.32. The highest BCUT2D eigenvalue weighted by atomic mass is 19.3. The molecule has 1 aromatic carbocycles. The van der Waals surface area contributed by atoms with E-state index in [4.69, 9.17) is 9.47 Å². The Kier molecular flexibility index (Phi) is 3.21. The molecular formula is C13H14F2N2O3. The third-order valence-electron chi connectivity index (χ3n) is 3.27. The molecule has 3 rings (SSSR count). The molecule has 0 spiro atoms. The van der Waals surface area contributed by atoms with Gasteiger partial charge in [-0.25, -0.2) is 8.78 Å². The van der Waals surface area contributed by atoms with Crippen LogP contribution in [-0.2, 0) is 4.79 Å². The van der Waals surface area contributed by atoms with E-state index in [1.54, 1.807) is 18.2 Å². The fourth-order valence-corrected chi connectivity index (χ4v) is 2.32. The van der Waals surface area contributed by atoms with Gasteiger partial charge in [0.05, 0.1) is 13.1 Å². The second-order valence-electron chi connectivity index (χ2n) is 4.93. The molecule has 0 unspecified atom stereocenters. The number of carbonyl (C=O) groups excluding carboxylic acids is 1. The summed E-state index contributed by atoms with van der Waals surface area (Å²) >= 11 is 0. The molecule has 2 heterocycles. The van der Waals surface area contributed by atoms with E-state index in [0.29, 0.717) is 17.2 Å². The number of alkyl halides is 2. The molecular weight excluding hydrogens is 270 g/mol. The zero-order valence-electron chi connectivity index (χ0n) is 10.7. The number of ether oxygens (including phenoxy) is 2.